The largest absolute Gasteiger partial charge is 0.467 e. The molecule has 1 aromatic heterocycles. The van der Waals surface area contributed by atoms with E-state index in [1.54, 1.807) is 11.0 Å². The van der Waals surface area contributed by atoms with Crippen molar-refractivity contribution in [2.24, 2.45) is 5.73 Å². The Morgan fingerprint density at radius 1 is 1.24 bits per heavy atom. The fraction of sp³-hybridized carbons (Fsp3) is 0.389. The minimum atomic E-state index is -0.0512. The van der Waals surface area contributed by atoms with Crippen molar-refractivity contribution in [3.63, 3.8) is 0 Å². The number of carbonyl (C=O) groups is 1. The van der Waals surface area contributed by atoms with Crippen molar-refractivity contribution in [3.8, 4) is 0 Å². The van der Waals surface area contributed by atoms with Gasteiger partial charge < -0.3 is 20.0 Å². The van der Waals surface area contributed by atoms with Crippen LogP contribution in [-0.2, 0) is 13.1 Å². The second-order valence-electron chi connectivity index (χ2n) is 5.99. The van der Waals surface area contributed by atoms with Crippen LogP contribution in [0.5, 0.6) is 0 Å². The molecular formula is C18H25Cl2N3O2. The van der Waals surface area contributed by atoms with Gasteiger partial charge in [0, 0.05) is 32.4 Å². The van der Waals surface area contributed by atoms with E-state index >= 15 is 0 Å². The van der Waals surface area contributed by atoms with E-state index in [9.17, 15) is 4.79 Å². The lowest BCUT2D eigenvalue weighted by molar-refractivity contribution is 0.0784. The molecule has 1 saturated heterocycles. The molecule has 1 aliphatic heterocycles. The van der Waals surface area contributed by atoms with E-state index in [-0.39, 0.29) is 30.7 Å². The van der Waals surface area contributed by atoms with Gasteiger partial charge in [-0.15, -0.1) is 24.8 Å². The Morgan fingerprint density at radius 2 is 1.92 bits per heavy atom. The van der Waals surface area contributed by atoms with Crippen molar-refractivity contribution >= 4 is 36.4 Å². The van der Waals surface area contributed by atoms with Gasteiger partial charge in [0.1, 0.15) is 12.0 Å². The maximum Gasteiger partial charge on any atom is 0.257 e. The molecule has 25 heavy (non-hydrogen) atoms. The molecule has 0 bridgehead atoms. The molecule has 1 amide bonds. The summed E-state index contributed by atoms with van der Waals surface area (Å²) in [6.07, 6.45) is 3.95. The number of nitrogens with zero attached hydrogens (tertiary/aromatic N) is 2. The van der Waals surface area contributed by atoms with Crippen molar-refractivity contribution in [1.82, 2.24) is 4.90 Å². The fourth-order valence-electron chi connectivity index (χ4n) is 3.06. The number of carbonyl (C=O) groups excluding carboxylic acids is 1. The third kappa shape index (κ3) is 4.91. The van der Waals surface area contributed by atoms with Gasteiger partial charge >= 0.3 is 0 Å². The summed E-state index contributed by atoms with van der Waals surface area (Å²) in [5.74, 6) is 0.573. The number of halogens is 2. The molecule has 2 aromatic rings. The van der Waals surface area contributed by atoms with Crippen LogP contribution in [0.3, 0.4) is 0 Å². The zero-order chi connectivity index (χ0) is 16.2. The molecule has 0 spiro atoms. The third-order valence-electron chi connectivity index (χ3n) is 4.29. The van der Waals surface area contributed by atoms with E-state index in [4.69, 9.17) is 10.2 Å². The molecule has 0 aliphatic carbocycles. The van der Waals surface area contributed by atoms with Gasteiger partial charge in [-0.2, -0.15) is 0 Å². The summed E-state index contributed by atoms with van der Waals surface area (Å²) in [5, 5.41) is 0. The highest BCUT2D eigenvalue weighted by molar-refractivity contribution is 5.93. The van der Waals surface area contributed by atoms with Crippen LogP contribution in [0.15, 0.2) is 41.0 Å². The summed E-state index contributed by atoms with van der Waals surface area (Å²) in [6, 6.07) is 10.0. The number of benzene rings is 1. The van der Waals surface area contributed by atoms with Crippen LogP contribution in [-0.4, -0.2) is 30.9 Å². The van der Waals surface area contributed by atoms with E-state index in [1.165, 1.54) is 30.4 Å². The van der Waals surface area contributed by atoms with Crippen molar-refractivity contribution in [3.05, 3.63) is 53.5 Å². The van der Waals surface area contributed by atoms with E-state index in [0.717, 1.165) is 13.1 Å². The first-order chi connectivity index (χ1) is 11.2. The van der Waals surface area contributed by atoms with Crippen molar-refractivity contribution < 1.29 is 9.21 Å². The van der Waals surface area contributed by atoms with Crippen molar-refractivity contribution in [2.45, 2.75) is 25.9 Å². The number of furan rings is 1. The number of hydrogen-bond acceptors (Lipinski definition) is 4. The van der Waals surface area contributed by atoms with Gasteiger partial charge in [-0.25, -0.2) is 0 Å². The standard InChI is InChI=1S/C18H23N3O2.2ClH/c1-20(18(22)15-10-16(11-19)23-13-15)12-14-6-2-3-7-17(14)21-8-4-5-9-21;;/h2-3,6-7,10,13H,4-5,8-9,11-12,19H2,1H3;2*1H. The Balaban J connectivity index is 0.00000156. The Hall–Kier alpha value is -1.69. The molecule has 0 atom stereocenters. The van der Waals surface area contributed by atoms with Gasteiger partial charge in [-0.05, 0) is 30.5 Å². The third-order valence-corrected chi connectivity index (χ3v) is 4.29. The zero-order valence-corrected chi connectivity index (χ0v) is 15.9. The predicted molar refractivity (Wildman–Crippen MR) is 105 cm³/mol. The van der Waals surface area contributed by atoms with Crippen molar-refractivity contribution in [2.75, 3.05) is 25.0 Å². The van der Waals surface area contributed by atoms with Crippen LogP contribution >= 0.6 is 24.8 Å². The van der Waals surface area contributed by atoms with Gasteiger partial charge in [0.25, 0.3) is 5.91 Å². The molecule has 1 aromatic carbocycles. The average molecular weight is 386 g/mol. The van der Waals surface area contributed by atoms with Crippen LogP contribution in [0.25, 0.3) is 0 Å². The van der Waals surface area contributed by atoms with Crippen LogP contribution in [0.2, 0.25) is 0 Å². The Kier molecular flexibility index (Phi) is 8.29. The zero-order valence-electron chi connectivity index (χ0n) is 14.3. The second-order valence-corrected chi connectivity index (χ2v) is 5.99. The Bertz CT molecular complexity index is 684. The molecule has 138 valence electrons. The normalized spacial score (nSPS) is 13.1. The predicted octanol–water partition coefficient (Wildman–Crippen LogP) is 3.45. The minimum absolute atomic E-state index is 0. The van der Waals surface area contributed by atoms with Crippen molar-refractivity contribution in [1.29, 1.82) is 0 Å². The topological polar surface area (TPSA) is 62.7 Å². The monoisotopic (exact) mass is 385 g/mol. The van der Waals surface area contributed by atoms with Crippen LogP contribution in [0, 0.1) is 0 Å². The van der Waals surface area contributed by atoms with E-state index in [2.05, 4.69) is 23.1 Å². The van der Waals surface area contributed by atoms with Gasteiger partial charge in [0.2, 0.25) is 0 Å². The molecule has 7 heteroatoms. The number of hydrogen-bond donors (Lipinski definition) is 1. The summed E-state index contributed by atoms with van der Waals surface area (Å²) in [6.45, 7) is 3.07. The summed E-state index contributed by atoms with van der Waals surface area (Å²) in [7, 11) is 1.82. The molecule has 2 heterocycles. The van der Waals surface area contributed by atoms with E-state index in [1.807, 2.05) is 13.1 Å². The van der Waals surface area contributed by atoms with Crippen LogP contribution in [0.1, 0.15) is 34.5 Å². The molecule has 0 unspecified atom stereocenters. The summed E-state index contributed by atoms with van der Waals surface area (Å²) in [4.78, 5) is 16.6. The van der Waals surface area contributed by atoms with Crippen LogP contribution < -0.4 is 10.6 Å². The lowest BCUT2D eigenvalue weighted by Crippen LogP contribution is -2.27. The Labute approximate surface area is 161 Å². The first kappa shape index (κ1) is 21.4. The number of nitrogens with two attached hydrogens (primary N) is 1. The highest BCUT2D eigenvalue weighted by Crippen LogP contribution is 2.25. The molecule has 2 N–H and O–H groups in total. The molecule has 5 nitrogen and oxygen atoms in total. The average Bonchev–Trinajstić information content (AvgIpc) is 3.26. The SMILES string of the molecule is CN(Cc1ccccc1N1CCCC1)C(=O)c1coc(CN)c1.Cl.Cl. The van der Waals surface area contributed by atoms with E-state index < -0.39 is 0 Å². The lowest BCUT2D eigenvalue weighted by Gasteiger charge is -2.24. The second kappa shape index (κ2) is 9.70. The number of rotatable bonds is 5. The number of anilines is 1. The molecule has 3 rings (SSSR count). The quantitative estimate of drug-likeness (QED) is 0.855. The minimum Gasteiger partial charge on any atom is -0.467 e. The molecule has 0 saturated carbocycles. The maximum atomic E-state index is 12.5. The highest BCUT2D eigenvalue weighted by Gasteiger charge is 2.19. The Morgan fingerprint density at radius 3 is 2.56 bits per heavy atom. The van der Waals surface area contributed by atoms with Gasteiger partial charge in [0.15, 0.2) is 0 Å². The molecule has 1 aliphatic rings. The lowest BCUT2D eigenvalue weighted by atomic mass is 10.1. The maximum absolute atomic E-state index is 12.5. The first-order valence-electron chi connectivity index (χ1n) is 8.05. The summed E-state index contributed by atoms with van der Waals surface area (Å²) in [5.41, 5.74) is 8.49. The molecule has 1 fully saturated rings. The molecular weight excluding hydrogens is 361 g/mol. The first-order valence-corrected chi connectivity index (χ1v) is 8.05. The van der Waals surface area contributed by atoms with Crippen LogP contribution in [0.4, 0.5) is 5.69 Å². The number of amides is 1. The van der Waals surface area contributed by atoms with Gasteiger partial charge in [-0.1, -0.05) is 18.2 Å². The van der Waals surface area contributed by atoms with Gasteiger partial charge in [0.05, 0.1) is 12.1 Å². The highest BCUT2D eigenvalue weighted by atomic mass is 35.5. The summed E-state index contributed by atoms with van der Waals surface area (Å²) >= 11 is 0. The van der Waals surface area contributed by atoms with E-state index in [0.29, 0.717) is 24.4 Å². The number of para-hydroxylation sites is 1. The molecule has 0 radical (unpaired) electrons. The van der Waals surface area contributed by atoms with Gasteiger partial charge in [-0.3, -0.25) is 4.79 Å². The summed E-state index contributed by atoms with van der Waals surface area (Å²) < 4.78 is 5.26. The fourth-order valence-corrected chi connectivity index (χ4v) is 3.06. The smallest absolute Gasteiger partial charge is 0.257 e.